The summed E-state index contributed by atoms with van der Waals surface area (Å²) in [5.41, 5.74) is 1.01. The Kier molecular flexibility index (Phi) is 5.35. The van der Waals surface area contributed by atoms with Gasteiger partial charge in [-0.3, -0.25) is 9.48 Å². The first kappa shape index (κ1) is 19.2. The molecule has 1 aromatic heterocycles. The second-order valence-corrected chi connectivity index (χ2v) is 7.53. The Morgan fingerprint density at radius 2 is 2.12 bits per heavy atom. The summed E-state index contributed by atoms with van der Waals surface area (Å²) in [6, 6.07) is 5.13. The third-order valence-electron chi connectivity index (χ3n) is 4.19. The van der Waals surface area contributed by atoms with Gasteiger partial charge in [-0.15, -0.1) is 0 Å². The fourth-order valence-electron chi connectivity index (χ4n) is 2.70. The fourth-order valence-corrected chi connectivity index (χ4v) is 3.71. The molecule has 0 bridgehead atoms. The lowest BCUT2D eigenvalue weighted by atomic mass is 10.2. The van der Waals surface area contributed by atoms with E-state index >= 15 is 0 Å². The van der Waals surface area contributed by atoms with Crippen molar-refractivity contribution in [3.05, 3.63) is 44.6 Å². The van der Waals surface area contributed by atoms with Crippen molar-refractivity contribution >= 4 is 39.1 Å². The SMILES string of the molecule is Cc1ccc(Cl)cc1NC(=O)CCn1nc(C(F)(F)F)c(Br)c1C1CC1. The molecule has 0 radical (unpaired) electrons. The number of anilines is 1. The van der Waals surface area contributed by atoms with Crippen LogP contribution in [-0.4, -0.2) is 15.7 Å². The van der Waals surface area contributed by atoms with Crippen LogP contribution in [0, 0.1) is 6.92 Å². The van der Waals surface area contributed by atoms with Crippen LogP contribution < -0.4 is 5.32 Å². The number of hydrogen-bond donors (Lipinski definition) is 1. The smallest absolute Gasteiger partial charge is 0.326 e. The molecule has 1 aliphatic rings. The number of halogens is 5. The third kappa shape index (κ3) is 4.23. The minimum absolute atomic E-state index is 0.0110. The quantitative estimate of drug-likeness (QED) is 0.651. The molecule has 26 heavy (non-hydrogen) atoms. The second-order valence-electron chi connectivity index (χ2n) is 6.30. The van der Waals surface area contributed by atoms with Crippen molar-refractivity contribution in [3.63, 3.8) is 0 Å². The molecule has 1 N–H and O–H groups in total. The molecule has 1 saturated carbocycles. The molecule has 4 nitrogen and oxygen atoms in total. The summed E-state index contributed by atoms with van der Waals surface area (Å²) in [5, 5.41) is 6.93. The molecule has 9 heteroatoms. The Balaban J connectivity index is 1.73. The van der Waals surface area contributed by atoms with Gasteiger partial charge >= 0.3 is 6.18 Å². The van der Waals surface area contributed by atoms with Crippen LogP contribution in [0.1, 0.15) is 42.1 Å². The Morgan fingerprint density at radius 1 is 1.42 bits per heavy atom. The Hall–Kier alpha value is -1.54. The van der Waals surface area contributed by atoms with E-state index in [1.165, 1.54) is 4.68 Å². The topological polar surface area (TPSA) is 46.9 Å². The number of carbonyl (C=O) groups excluding carboxylic acids is 1. The van der Waals surface area contributed by atoms with Gasteiger partial charge in [-0.25, -0.2) is 0 Å². The van der Waals surface area contributed by atoms with Gasteiger partial charge in [0.1, 0.15) is 0 Å². The molecule has 1 heterocycles. The van der Waals surface area contributed by atoms with Gasteiger partial charge < -0.3 is 5.32 Å². The van der Waals surface area contributed by atoms with Crippen molar-refractivity contribution in [1.82, 2.24) is 9.78 Å². The summed E-state index contributed by atoms with van der Waals surface area (Å²) in [5.74, 6) is -0.247. The maximum Gasteiger partial charge on any atom is 0.436 e. The van der Waals surface area contributed by atoms with Gasteiger partial charge in [0.05, 0.1) is 16.7 Å². The molecule has 3 rings (SSSR count). The van der Waals surface area contributed by atoms with E-state index < -0.39 is 11.9 Å². The molecule has 1 fully saturated rings. The van der Waals surface area contributed by atoms with Crippen LogP contribution in [0.2, 0.25) is 5.02 Å². The number of alkyl halides is 3. The van der Waals surface area contributed by atoms with Gasteiger partial charge in [-0.05, 0) is 53.4 Å². The average Bonchev–Trinajstić information content (AvgIpc) is 3.31. The third-order valence-corrected chi connectivity index (χ3v) is 5.21. The van der Waals surface area contributed by atoms with E-state index in [1.807, 2.05) is 6.92 Å². The van der Waals surface area contributed by atoms with Crippen molar-refractivity contribution in [3.8, 4) is 0 Å². The summed E-state index contributed by atoms with van der Waals surface area (Å²) in [4.78, 5) is 12.2. The van der Waals surface area contributed by atoms with Crippen molar-refractivity contribution in [1.29, 1.82) is 0 Å². The monoisotopic (exact) mass is 449 g/mol. The van der Waals surface area contributed by atoms with Gasteiger partial charge in [-0.2, -0.15) is 18.3 Å². The minimum Gasteiger partial charge on any atom is -0.326 e. The predicted molar refractivity (Wildman–Crippen MR) is 96.3 cm³/mol. The molecule has 140 valence electrons. The first-order chi connectivity index (χ1) is 12.2. The lowest BCUT2D eigenvalue weighted by molar-refractivity contribution is -0.142. The zero-order valence-corrected chi connectivity index (χ0v) is 16.2. The molecule has 0 atom stereocenters. The molecular formula is C17H16BrClF3N3O. The highest BCUT2D eigenvalue weighted by atomic mass is 79.9. The number of benzene rings is 1. The van der Waals surface area contributed by atoms with Gasteiger partial charge in [0.25, 0.3) is 0 Å². The molecule has 0 saturated heterocycles. The van der Waals surface area contributed by atoms with Crippen molar-refractivity contribution in [2.75, 3.05) is 5.32 Å². The number of nitrogens with zero attached hydrogens (tertiary/aromatic N) is 2. The highest BCUT2D eigenvalue weighted by molar-refractivity contribution is 9.10. The maximum absolute atomic E-state index is 13.1. The van der Waals surface area contributed by atoms with Gasteiger partial charge in [0, 0.05) is 23.0 Å². The van der Waals surface area contributed by atoms with E-state index in [-0.39, 0.29) is 29.3 Å². The standard InChI is InChI=1S/C17H16BrClF3N3O/c1-9-2-5-11(19)8-12(9)23-13(26)6-7-25-15(10-3-4-10)14(18)16(24-25)17(20,21)22/h2,5,8,10H,3-4,6-7H2,1H3,(H,23,26). The predicted octanol–water partition coefficient (Wildman–Crippen LogP) is 5.53. The second kappa shape index (κ2) is 7.23. The first-order valence-corrected chi connectivity index (χ1v) is 9.23. The number of hydrogen-bond acceptors (Lipinski definition) is 2. The van der Waals surface area contributed by atoms with E-state index in [0.717, 1.165) is 18.4 Å². The highest BCUT2D eigenvalue weighted by Crippen LogP contribution is 2.47. The normalized spacial score (nSPS) is 14.5. The van der Waals surface area contributed by atoms with E-state index in [4.69, 9.17) is 11.6 Å². The van der Waals surface area contributed by atoms with E-state index in [2.05, 4.69) is 26.3 Å². The van der Waals surface area contributed by atoms with Gasteiger partial charge in [-0.1, -0.05) is 17.7 Å². The summed E-state index contributed by atoms with van der Waals surface area (Å²) in [7, 11) is 0. The summed E-state index contributed by atoms with van der Waals surface area (Å²) >= 11 is 8.96. The number of aryl methyl sites for hydroxylation is 2. The molecule has 2 aromatic rings. The van der Waals surface area contributed by atoms with Crippen LogP contribution in [0.4, 0.5) is 18.9 Å². The van der Waals surface area contributed by atoms with Crippen molar-refractivity contribution in [2.24, 2.45) is 0 Å². The molecule has 1 aromatic carbocycles. The number of aromatic nitrogens is 2. The summed E-state index contributed by atoms with van der Waals surface area (Å²) in [6.07, 6.45) is -2.87. The molecule has 1 aliphatic carbocycles. The van der Waals surface area contributed by atoms with Crippen LogP contribution in [-0.2, 0) is 17.5 Å². The molecule has 0 unspecified atom stereocenters. The van der Waals surface area contributed by atoms with E-state index in [1.54, 1.807) is 18.2 Å². The van der Waals surface area contributed by atoms with Crippen LogP contribution in [0.15, 0.2) is 22.7 Å². The Bertz CT molecular complexity index is 847. The molecule has 0 spiro atoms. The fraction of sp³-hybridized carbons (Fsp3) is 0.412. The van der Waals surface area contributed by atoms with Gasteiger partial charge in [0.15, 0.2) is 5.69 Å². The largest absolute Gasteiger partial charge is 0.436 e. The molecular weight excluding hydrogens is 435 g/mol. The van der Waals surface area contributed by atoms with Crippen molar-refractivity contribution in [2.45, 2.75) is 44.8 Å². The van der Waals surface area contributed by atoms with Crippen LogP contribution in [0.5, 0.6) is 0 Å². The number of carbonyl (C=O) groups is 1. The Morgan fingerprint density at radius 3 is 2.73 bits per heavy atom. The molecule has 1 amide bonds. The zero-order chi connectivity index (χ0) is 19.1. The lowest BCUT2D eigenvalue weighted by Gasteiger charge is -2.10. The number of rotatable bonds is 5. The number of amides is 1. The summed E-state index contributed by atoms with van der Waals surface area (Å²) in [6.45, 7) is 1.91. The zero-order valence-electron chi connectivity index (χ0n) is 13.8. The lowest BCUT2D eigenvalue weighted by Crippen LogP contribution is -2.17. The highest BCUT2D eigenvalue weighted by Gasteiger charge is 2.41. The van der Waals surface area contributed by atoms with E-state index in [9.17, 15) is 18.0 Å². The van der Waals surface area contributed by atoms with Crippen LogP contribution in [0.25, 0.3) is 0 Å². The average molecular weight is 451 g/mol. The van der Waals surface area contributed by atoms with Gasteiger partial charge in [0.2, 0.25) is 5.91 Å². The Labute approximate surface area is 161 Å². The van der Waals surface area contributed by atoms with Crippen LogP contribution >= 0.6 is 27.5 Å². The van der Waals surface area contributed by atoms with Crippen molar-refractivity contribution < 1.29 is 18.0 Å². The van der Waals surface area contributed by atoms with E-state index in [0.29, 0.717) is 16.4 Å². The maximum atomic E-state index is 13.1. The minimum atomic E-state index is -4.53. The molecule has 0 aliphatic heterocycles. The number of nitrogens with one attached hydrogen (secondary N) is 1. The first-order valence-electron chi connectivity index (χ1n) is 8.06. The van der Waals surface area contributed by atoms with Crippen LogP contribution in [0.3, 0.4) is 0 Å². The summed E-state index contributed by atoms with van der Waals surface area (Å²) < 4.78 is 40.6.